The van der Waals surface area contributed by atoms with Crippen molar-refractivity contribution in [3.05, 3.63) is 22.2 Å². The van der Waals surface area contributed by atoms with Gasteiger partial charge >= 0.3 is 0 Å². The molecular weight excluding hydrogens is 186 g/mol. The lowest BCUT2D eigenvalue weighted by Gasteiger charge is -2.02. The standard InChI is InChI=1S/C8H9N3OS/c1-3-11-5-10-7(13-2)6(4-9)8(11)12/h5H,3H2,1-2H3. The Hall–Kier alpha value is -1.28. The van der Waals surface area contributed by atoms with Crippen molar-refractivity contribution in [3.8, 4) is 6.07 Å². The highest BCUT2D eigenvalue weighted by Gasteiger charge is 2.08. The third kappa shape index (κ3) is 1.73. The Morgan fingerprint density at radius 1 is 1.77 bits per heavy atom. The number of rotatable bonds is 2. The molecule has 0 fully saturated rings. The maximum Gasteiger partial charge on any atom is 0.272 e. The first kappa shape index (κ1) is 9.81. The summed E-state index contributed by atoms with van der Waals surface area (Å²) in [4.78, 5) is 15.5. The van der Waals surface area contributed by atoms with Gasteiger partial charge in [0.25, 0.3) is 5.56 Å². The summed E-state index contributed by atoms with van der Waals surface area (Å²) in [6.45, 7) is 2.37. The van der Waals surface area contributed by atoms with Gasteiger partial charge in [-0.15, -0.1) is 11.8 Å². The molecule has 0 amide bonds. The SMILES string of the molecule is CCn1cnc(SC)c(C#N)c1=O. The first-order valence-corrected chi connectivity index (χ1v) is 5.00. The van der Waals surface area contributed by atoms with Gasteiger partial charge in [-0.05, 0) is 13.2 Å². The Bertz CT molecular complexity index is 405. The number of hydrogen-bond acceptors (Lipinski definition) is 4. The van der Waals surface area contributed by atoms with E-state index in [9.17, 15) is 4.79 Å². The monoisotopic (exact) mass is 195 g/mol. The Morgan fingerprint density at radius 3 is 2.92 bits per heavy atom. The number of nitrogens with zero attached hydrogens (tertiary/aromatic N) is 3. The van der Waals surface area contributed by atoms with Gasteiger partial charge in [0.1, 0.15) is 16.7 Å². The molecule has 1 aromatic rings. The lowest BCUT2D eigenvalue weighted by molar-refractivity contribution is 0.689. The molecule has 0 spiro atoms. The summed E-state index contributed by atoms with van der Waals surface area (Å²) in [5.74, 6) is 0. The highest BCUT2D eigenvalue weighted by Crippen LogP contribution is 2.12. The average Bonchev–Trinajstić information content (AvgIpc) is 2.17. The van der Waals surface area contributed by atoms with Gasteiger partial charge in [-0.3, -0.25) is 9.36 Å². The van der Waals surface area contributed by atoms with E-state index in [4.69, 9.17) is 5.26 Å². The maximum absolute atomic E-state index is 11.5. The number of hydrogen-bond donors (Lipinski definition) is 0. The quantitative estimate of drug-likeness (QED) is 0.518. The van der Waals surface area contributed by atoms with E-state index in [0.29, 0.717) is 11.6 Å². The van der Waals surface area contributed by atoms with E-state index >= 15 is 0 Å². The van der Waals surface area contributed by atoms with Gasteiger partial charge in [-0.2, -0.15) is 5.26 Å². The lowest BCUT2D eigenvalue weighted by atomic mass is 10.4. The van der Waals surface area contributed by atoms with E-state index in [1.165, 1.54) is 22.7 Å². The molecule has 1 rings (SSSR count). The minimum atomic E-state index is -0.260. The molecule has 0 aliphatic carbocycles. The van der Waals surface area contributed by atoms with Crippen molar-refractivity contribution < 1.29 is 0 Å². The van der Waals surface area contributed by atoms with Crippen LogP contribution < -0.4 is 5.56 Å². The van der Waals surface area contributed by atoms with Gasteiger partial charge in [-0.1, -0.05) is 0 Å². The summed E-state index contributed by atoms with van der Waals surface area (Å²) in [5.41, 5.74) is -0.124. The van der Waals surface area contributed by atoms with Crippen LogP contribution in [0.1, 0.15) is 12.5 Å². The molecule has 5 heteroatoms. The molecular formula is C8H9N3OS. The molecule has 0 saturated heterocycles. The van der Waals surface area contributed by atoms with Gasteiger partial charge in [0.05, 0.1) is 6.33 Å². The predicted octanol–water partition coefficient (Wildman–Crippen LogP) is 0.857. The maximum atomic E-state index is 11.5. The van der Waals surface area contributed by atoms with Crippen molar-refractivity contribution in [2.75, 3.05) is 6.26 Å². The molecule has 68 valence electrons. The fourth-order valence-corrected chi connectivity index (χ4v) is 1.44. The van der Waals surface area contributed by atoms with Crippen LogP contribution in [0, 0.1) is 11.3 Å². The van der Waals surface area contributed by atoms with Crippen molar-refractivity contribution in [1.29, 1.82) is 5.26 Å². The van der Waals surface area contributed by atoms with E-state index < -0.39 is 0 Å². The van der Waals surface area contributed by atoms with E-state index in [0.717, 1.165) is 0 Å². The molecule has 0 unspecified atom stereocenters. The third-order valence-electron chi connectivity index (χ3n) is 1.65. The summed E-state index contributed by atoms with van der Waals surface area (Å²) < 4.78 is 1.41. The van der Waals surface area contributed by atoms with Gasteiger partial charge < -0.3 is 0 Å². The fourth-order valence-electron chi connectivity index (χ4n) is 0.950. The fraction of sp³-hybridized carbons (Fsp3) is 0.375. The smallest absolute Gasteiger partial charge is 0.272 e. The Morgan fingerprint density at radius 2 is 2.46 bits per heavy atom. The molecule has 0 N–H and O–H groups in total. The van der Waals surface area contributed by atoms with Crippen LogP contribution in [0.15, 0.2) is 16.1 Å². The number of thioether (sulfide) groups is 1. The molecule has 0 atom stereocenters. The average molecular weight is 195 g/mol. The number of aryl methyl sites for hydroxylation is 1. The molecule has 0 saturated carbocycles. The van der Waals surface area contributed by atoms with E-state index in [1.54, 1.807) is 6.26 Å². The highest BCUT2D eigenvalue weighted by atomic mass is 32.2. The van der Waals surface area contributed by atoms with Crippen molar-refractivity contribution in [3.63, 3.8) is 0 Å². The molecule has 0 aliphatic heterocycles. The minimum Gasteiger partial charge on any atom is -0.298 e. The molecule has 1 aromatic heterocycles. The Balaban J connectivity index is 3.43. The summed E-state index contributed by atoms with van der Waals surface area (Å²) in [5, 5.41) is 9.23. The third-order valence-corrected chi connectivity index (χ3v) is 2.35. The normalized spacial score (nSPS) is 9.62. The van der Waals surface area contributed by atoms with E-state index in [1.807, 2.05) is 13.0 Å². The van der Waals surface area contributed by atoms with Gasteiger partial charge in [-0.25, -0.2) is 4.98 Å². The highest BCUT2D eigenvalue weighted by molar-refractivity contribution is 7.98. The van der Waals surface area contributed by atoms with Crippen LogP contribution in [0.25, 0.3) is 0 Å². The van der Waals surface area contributed by atoms with Crippen molar-refractivity contribution in [1.82, 2.24) is 9.55 Å². The molecule has 4 nitrogen and oxygen atoms in total. The topological polar surface area (TPSA) is 58.7 Å². The second-order valence-corrected chi connectivity index (χ2v) is 3.13. The number of aromatic nitrogens is 2. The molecule has 0 bridgehead atoms. The molecule has 0 radical (unpaired) electrons. The minimum absolute atomic E-state index is 0.136. The van der Waals surface area contributed by atoms with Crippen LogP contribution in [0.5, 0.6) is 0 Å². The zero-order valence-electron chi connectivity index (χ0n) is 7.44. The van der Waals surface area contributed by atoms with Crippen molar-refractivity contribution >= 4 is 11.8 Å². The second-order valence-electron chi connectivity index (χ2n) is 2.33. The Labute approximate surface area is 80.2 Å². The lowest BCUT2D eigenvalue weighted by Crippen LogP contribution is -2.23. The molecule has 0 aliphatic rings. The molecule has 13 heavy (non-hydrogen) atoms. The second kappa shape index (κ2) is 4.10. The summed E-state index contributed by atoms with van der Waals surface area (Å²) >= 11 is 1.31. The zero-order valence-corrected chi connectivity index (χ0v) is 8.26. The van der Waals surface area contributed by atoms with Crippen molar-refractivity contribution in [2.24, 2.45) is 0 Å². The number of nitriles is 1. The largest absolute Gasteiger partial charge is 0.298 e. The molecule has 0 aromatic carbocycles. The summed E-state index contributed by atoms with van der Waals surface area (Å²) in [6, 6.07) is 1.87. The first-order valence-electron chi connectivity index (χ1n) is 3.78. The van der Waals surface area contributed by atoms with Gasteiger partial charge in [0, 0.05) is 6.54 Å². The van der Waals surface area contributed by atoms with Gasteiger partial charge in [0.15, 0.2) is 0 Å². The van der Waals surface area contributed by atoms with Crippen LogP contribution in [-0.2, 0) is 6.54 Å². The van der Waals surface area contributed by atoms with Crippen LogP contribution in [0.3, 0.4) is 0 Å². The summed E-state index contributed by atoms with van der Waals surface area (Å²) in [6.07, 6.45) is 3.26. The van der Waals surface area contributed by atoms with Crippen LogP contribution in [0.4, 0.5) is 0 Å². The van der Waals surface area contributed by atoms with Crippen molar-refractivity contribution in [2.45, 2.75) is 18.5 Å². The van der Waals surface area contributed by atoms with E-state index in [2.05, 4.69) is 4.98 Å². The zero-order chi connectivity index (χ0) is 9.84. The van der Waals surface area contributed by atoms with Crippen LogP contribution >= 0.6 is 11.8 Å². The van der Waals surface area contributed by atoms with Crippen LogP contribution in [-0.4, -0.2) is 15.8 Å². The van der Waals surface area contributed by atoms with Crippen LogP contribution in [0.2, 0.25) is 0 Å². The first-order chi connectivity index (χ1) is 6.24. The van der Waals surface area contributed by atoms with Gasteiger partial charge in [0.2, 0.25) is 0 Å². The molecule has 1 heterocycles. The summed E-state index contributed by atoms with van der Waals surface area (Å²) in [7, 11) is 0. The Kier molecular flexibility index (Phi) is 3.09. The van der Waals surface area contributed by atoms with E-state index in [-0.39, 0.29) is 11.1 Å². The predicted molar refractivity (Wildman–Crippen MR) is 50.7 cm³/mol.